The molecule has 40 heavy (non-hydrogen) atoms. The molecule has 0 aliphatic carbocycles. The van der Waals surface area contributed by atoms with Crippen LogP contribution < -0.4 is 19.7 Å². The van der Waals surface area contributed by atoms with Crippen LogP contribution >= 0.6 is 0 Å². The lowest BCUT2D eigenvalue weighted by molar-refractivity contribution is -0.153. The van der Waals surface area contributed by atoms with E-state index in [-0.39, 0.29) is 26.0 Å². The van der Waals surface area contributed by atoms with E-state index in [1.54, 1.807) is 31.3 Å². The number of hydrogen-bond donors (Lipinski definition) is 2. The molecule has 0 saturated carbocycles. The second kappa shape index (κ2) is 12.0. The number of nitrogen functional groups attached to an aromatic ring is 1. The number of aryl methyl sites for hydroxylation is 1. The first-order chi connectivity index (χ1) is 19.1. The number of hydrogen-bond acceptors (Lipinski definition) is 9. The van der Waals surface area contributed by atoms with Crippen LogP contribution in [0.15, 0.2) is 36.7 Å². The Bertz CT molecular complexity index is 1450. The van der Waals surface area contributed by atoms with Gasteiger partial charge in [0.05, 0.1) is 25.6 Å². The van der Waals surface area contributed by atoms with Crippen LogP contribution in [0.1, 0.15) is 24.5 Å². The lowest BCUT2D eigenvalue weighted by Gasteiger charge is -2.29. The van der Waals surface area contributed by atoms with Gasteiger partial charge in [-0.15, -0.1) is 0 Å². The van der Waals surface area contributed by atoms with Crippen LogP contribution in [0, 0.1) is 6.92 Å². The maximum atomic E-state index is 13.8. The number of rotatable bonds is 10. The van der Waals surface area contributed by atoms with E-state index in [9.17, 15) is 18.4 Å². The number of amides is 1. The normalized spacial score (nSPS) is 16.6. The summed E-state index contributed by atoms with van der Waals surface area (Å²) in [5.74, 6) is 0.518. The van der Waals surface area contributed by atoms with Crippen LogP contribution in [0.5, 0.6) is 5.75 Å². The summed E-state index contributed by atoms with van der Waals surface area (Å²) >= 11 is -2.52. The van der Waals surface area contributed by atoms with Gasteiger partial charge in [0.25, 0.3) is 11.3 Å². The van der Waals surface area contributed by atoms with Crippen molar-refractivity contribution in [2.75, 3.05) is 49.3 Å². The Morgan fingerprint density at radius 3 is 2.67 bits per heavy atom. The highest BCUT2D eigenvalue weighted by Crippen LogP contribution is 2.33. The van der Waals surface area contributed by atoms with Crippen molar-refractivity contribution in [2.45, 2.75) is 38.8 Å². The van der Waals surface area contributed by atoms with E-state index in [0.29, 0.717) is 34.0 Å². The molecule has 1 saturated heterocycles. The summed E-state index contributed by atoms with van der Waals surface area (Å²) in [5, 5.41) is 1.51. The third-order valence-corrected chi connectivity index (χ3v) is 7.72. The van der Waals surface area contributed by atoms with Gasteiger partial charge in [-0.3, -0.25) is 13.7 Å². The molecule has 1 aliphatic heterocycles. The number of pyridine rings is 2. The predicted molar refractivity (Wildman–Crippen MR) is 154 cm³/mol. The molecule has 1 amide bonds. The molecule has 0 bridgehead atoms. The first-order valence-corrected chi connectivity index (χ1v) is 13.9. The minimum Gasteiger partial charge on any atom is -0.496 e. The van der Waals surface area contributed by atoms with Crippen molar-refractivity contribution >= 4 is 51.2 Å². The van der Waals surface area contributed by atoms with Gasteiger partial charge in [-0.05, 0) is 61.0 Å². The van der Waals surface area contributed by atoms with Crippen LogP contribution in [0.2, 0.25) is 0 Å². The van der Waals surface area contributed by atoms with Gasteiger partial charge < -0.3 is 25.0 Å². The summed E-state index contributed by atoms with van der Waals surface area (Å²) in [4.78, 5) is 38.8. The maximum absolute atomic E-state index is 13.8. The standard InChI is InChI=1S/C27H34N6O6S/c1-6-39-27(35)22(13-18-12-17-7-9-29-24(28)20(17)14-23(18)38-5)32-10-8-21(26(32)34)33(40(36)37)19-11-16(2)25(30-15-19)31(3)4/h7,9,11-12,14-15,21-22H,6,8,10,13H2,1-5H3,(H2,28,29)(H,36,37)/t21-,22+/m0/s1. The number of nitrogens with two attached hydrogens (primary N) is 1. The van der Waals surface area contributed by atoms with E-state index < -0.39 is 35.2 Å². The average Bonchev–Trinajstić information content (AvgIpc) is 3.27. The lowest BCUT2D eigenvalue weighted by Crippen LogP contribution is -2.49. The third-order valence-electron chi connectivity index (χ3n) is 6.92. The molecule has 0 spiro atoms. The van der Waals surface area contributed by atoms with E-state index in [0.717, 1.165) is 15.3 Å². The highest BCUT2D eigenvalue weighted by Gasteiger charge is 2.44. The molecule has 1 aromatic carbocycles. The van der Waals surface area contributed by atoms with Crippen molar-refractivity contribution in [3.63, 3.8) is 0 Å². The highest BCUT2D eigenvalue weighted by atomic mass is 32.2. The molecule has 0 radical (unpaired) electrons. The van der Waals surface area contributed by atoms with E-state index in [2.05, 4.69) is 9.97 Å². The number of carbonyl (C=O) groups excluding carboxylic acids is 2. The van der Waals surface area contributed by atoms with Crippen LogP contribution in [0.25, 0.3) is 10.8 Å². The fourth-order valence-corrected chi connectivity index (χ4v) is 5.82. The largest absolute Gasteiger partial charge is 0.496 e. The summed E-state index contributed by atoms with van der Waals surface area (Å²) in [6, 6.07) is 5.18. The molecule has 1 unspecified atom stereocenters. The zero-order valence-corrected chi connectivity index (χ0v) is 24.0. The van der Waals surface area contributed by atoms with Gasteiger partial charge in [-0.25, -0.2) is 19.0 Å². The summed E-state index contributed by atoms with van der Waals surface area (Å²) in [7, 11) is 5.21. The van der Waals surface area contributed by atoms with Gasteiger partial charge in [0, 0.05) is 38.6 Å². The molecular formula is C27H34N6O6S. The van der Waals surface area contributed by atoms with E-state index in [1.165, 1.54) is 18.2 Å². The third kappa shape index (κ3) is 5.65. The predicted octanol–water partition coefficient (Wildman–Crippen LogP) is 2.31. The molecular weight excluding hydrogens is 536 g/mol. The Hall–Kier alpha value is -3.97. The van der Waals surface area contributed by atoms with Crippen LogP contribution in [-0.2, 0) is 32.0 Å². The van der Waals surface area contributed by atoms with E-state index in [1.807, 2.05) is 32.0 Å². The molecule has 3 atom stereocenters. The lowest BCUT2D eigenvalue weighted by atomic mass is 10.00. The number of anilines is 3. The minimum atomic E-state index is -2.52. The molecule has 3 N–H and O–H groups in total. The highest BCUT2D eigenvalue weighted by molar-refractivity contribution is 7.80. The quantitative estimate of drug-likeness (QED) is 0.274. The Balaban J connectivity index is 1.68. The smallest absolute Gasteiger partial charge is 0.329 e. The van der Waals surface area contributed by atoms with Gasteiger partial charge >= 0.3 is 5.97 Å². The Morgan fingerprint density at radius 2 is 2.05 bits per heavy atom. The van der Waals surface area contributed by atoms with Gasteiger partial charge in [-0.1, -0.05) is 0 Å². The second-order valence-electron chi connectivity index (χ2n) is 9.67. The van der Waals surface area contributed by atoms with Gasteiger partial charge in [-0.2, -0.15) is 0 Å². The second-order valence-corrected chi connectivity index (χ2v) is 10.5. The van der Waals surface area contributed by atoms with Gasteiger partial charge in [0.15, 0.2) is 0 Å². The Kier molecular flexibility index (Phi) is 8.74. The van der Waals surface area contributed by atoms with Crippen molar-refractivity contribution in [1.29, 1.82) is 0 Å². The fraction of sp³-hybridized carbons (Fsp3) is 0.407. The zero-order valence-electron chi connectivity index (χ0n) is 23.2. The molecule has 3 heterocycles. The zero-order chi connectivity index (χ0) is 29.1. The van der Waals surface area contributed by atoms with Crippen molar-refractivity contribution in [1.82, 2.24) is 14.9 Å². The number of nitrogens with zero attached hydrogens (tertiary/aromatic N) is 5. The number of ether oxygens (including phenoxy) is 2. The first-order valence-electron chi connectivity index (χ1n) is 12.8. The molecule has 12 nitrogen and oxygen atoms in total. The van der Waals surface area contributed by atoms with Crippen LogP contribution in [-0.4, -0.2) is 81.9 Å². The van der Waals surface area contributed by atoms with Crippen LogP contribution in [0.4, 0.5) is 17.3 Å². The van der Waals surface area contributed by atoms with Crippen molar-refractivity contribution < 1.29 is 27.8 Å². The van der Waals surface area contributed by atoms with E-state index >= 15 is 0 Å². The molecule has 13 heteroatoms. The fourth-order valence-electron chi connectivity index (χ4n) is 5.12. The van der Waals surface area contributed by atoms with Crippen molar-refractivity contribution in [3.05, 3.63) is 47.8 Å². The van der Waals surface area contributed by atoms with Gasteiger partial charge in [0.1, 0.15) is 29.5 Å². The molecule has 3 aromatic rings. The average molecular weight is 571 g/mol. The monoisotopic (exact) mass is 570 g/mol. The molecule has 1 aliphatic rings. The summed E-state index contributed by atoms with van der Waals surface area (Å²) < 4.78 is 34.8. The molecule has 214 valence electrons. The molecule has 2 aromatic heterocycles. The minimum absolute atomic E-state index is 0.110. The van der Waals surface area contributed by atoms with Gasteiger partial charge in [0.2, 0.25) is 5.91 Å². The Morgan fingerprint density at radius 1 is 1.30 bits per heavy atom. The number of methoxy groups -OCH3 is 1. The number of likely N-dealkylation sites (tertiary alicyclic amines) is 1. The maximum Gasteiger partial charge on any atom is 0.329 e. The number of benzene rings is 1. The summed E-state index contributed by atoms with van der Waals surface area (Å²) in [5.41, 5.74) is 7.83. The first kappa shape index (κ1) is 29.0. The molecule has 1 fully saturated rings. The Labute approximate surface area is 235 Å². The summed E-state index contributed by atoms with van der Waals surface area (Å²) in [6.45, 7) is 3.85. The summed E-state index contributed by atoms with van der Waals surface area (Å²) in [6.07, 6.45) is 3.40. The topological polar surface area (TPSA) is 151 Å². The van der Waals surface area contributed by atoms with Crippen molar-refractivity contribution in [2.24, 2.45) is 0 Å². The number of fused-ring (bicyclic) bond motifs is 1. The molecule has 4 rings (SSSR count). The number of esters is 1. The van der Waals surface area contributed by atoms with Crippen LogP contribution in [0.3, 0.4) is 0 Å². The number of aromatic nitrogens is 2. The van der Waals surface area contributed by atoms with E-state index in [4.69, 9.17) is 15.2 Å². The SMILES string of the molecule is CCOC(=O)[C@@H](Cc1cc2ccnc(N)c2cc1OC)N1CC[C@H](N(c2cnc(N(C)C)c(C)c2)S(=O)O)C1=O. The number of carbonyl (C=O) groups is 2. The van der Waals surface area contributed by atoms with Crippen molar-refractivity contribution in [3.8, 4) is 5.75 Å².